The predicted molar refractivity (Wildman–Crippen MR) is 117 cm³/mol. The highest BCUT2D eigenvalue weighted by Gasteiger charge is 2.42. The lowest BCUT2D eigenvalue weighted by molar-refractivity contribution is 0.0694. The second kappa shape index (κ2) is 7.30. The molecule has 9 heteroatoms. The van der Waals surface area contributed by atoms with Crippen molar-refractivity contribution in [2.24, 2.45) is 5.73 Å². The van der Waals surface area contributed by atoms with Crippen molar-refractivity contribution in [1.82, 2.24) is 9.55 Å². The molecule has 5 rings (SSSR count). The summed E-state index contributed by atoms with van der Waals surface area (Å²) in [4.78, 5) is 30.7. The Morgan fingerprint density at radius 1 is 1.44 bits per heavy atom. The number of hydrogen-bond acceptors (Lipinski definition) is 6. The maximum Gasteiger partial charge on any atom is 0.341 e. The number of halogens is 1. The monoisotopic (exact) mass is 438 g/mol. The SMILES string of the molecule is C[C@H]1COc2c(N3CCC(CN)(c4ccccn4)C3)c(F)cc3c(=O)c(C(=O)O)cn1c23. The van der Waals surface area contributed by atoms with Crippen molar-refractivity contribution in [1.29, 1.82) is 0 Å². The Bertz CT molecular complexity index is 1290. The van der Waals surface area contributed by atoms with E-state index < -0.39 is 22.6 Å². The van der Waals surface area contributed by atoms with E-state index in [1.807, 2.05) is 30.0 Å². The normalized spacial score (nSPS) is 22.2. The van der Waals surface area contributed by atoms with Gasteiger partial charge in [-0.25, -0.2) is 9.18 Å². The van der Waals surface area contributed by atoms with E-state index >= 15 is 4.39 Å². The van der Waals surface area contributed by atoms with E-state index in [9.17, 15) is 14.7 Å². The van der Waals surface area contributed by atoms with Gasteiger partial charge in [0.1, 0.15) is 17.9 Å². The van der Waals surface area contributed by atoms with Crippen LogP contribution in [0.5, 0.6) is 5.75 Å². The quantitative estimate of drug-likeness (QED) is 0.643. The van der Waals surface area contributed by atoms with Gasteiger partial charge in [0, 0.05) is 43.1 Å². The molecule has 0 aliphatic carbocycles. The minimum Gasteiger partial charge on any atom is -0.487 e. The maximum absolute atomic E-state index is 15.5. The number of benzene rings is 1. The van der Waals surface area contributed by atoms with Gasteiger partial charge in [-0.2, -0.15) is 0 Å². The summed E-state index contributed by atoms with van der Waals surface area (Å²) in [5.74, 6) is -1.70. The molecule has 0 radical (unpaired) electrons. The molecule has 8 nitrogen and oxygen atoms in total. The van der Waals surface area contributed by atoms with E-state index in [4.69, 9.17) is 10.5 Å². The average molecular weight is 438 g/mol. The Hall–Kier alpha value is -3.46. The van der Waals surface area contributed by atoms with Gasteiger partial charge in [0.25, 0.3) is 0 Å². The summed E-state index contributed by atoms with van der Waals surface area (Å²) >= 11 is 0. The molecule has 3 N–H and O–H groups in total. The minimum absolute atomic E-state index is 0.00158. The van der Waals surface area contributed by atoms with E-state index in [-0.39, 0.29) is 35.0 Å². The van der Waals surface area contributed by atoms with Crippen molar-refractivity contribution in [3.63, 3.8) is 0 Å². The molecule has 3 aromatic rings. The van der Waals surface area contributed by atoms with Crippen LogP contribution in [-0.4, -0.2) is 46.9 Å². The first-order valence-electron chi connectivity index (χ1n) is 10.5. The summed E-state index contributed by atoms with van der Waals surface area (Å²) < 4.78 is 23.1. The van der Waals surface area contributed by atoms with Crippen LogP contribution in [0.15, 0.2) is 41.5 Å². The summed E-state index contributed by atoms with van der Waals surface area (Å²) in [6.45, 7) is 3.44. The molecule has 2 atom stereocenters. The minimum atomic E-state index is -1.34. The van der Waals surface area contributed by atoms with Gasteiger partial charge in [-0.15, -0.1) is 0 Å². The standard InChI is InChI=1S/C23H23FN4O4/c1-13-10-32-21-18-14(20(29)15(22(30)31)9-28(13)18)8-16(24)19(21)27-7-5-23(11-25,12-27)17-4-2-3-6-26-17/h2-4,6,8-9,13H,5,7,10-12,25H2,1H3,(H,30,31)/t13-,23?/m0/s1. The van der Waals surface area contributed by atoms with E-state index in [0.29, 0.717) is 31.6 Å². The van der Waals surface area contributed by atoms with Crippen molar-refractivity contribution < 1.29 is 19.0 Å². The van der Waals surface area contributed by atoms with E-state index in [2.05, 4.69) is 4.98 Å². The lowest BCUT2D eigenvalue weighted by Gasteiger charge is -2.32. The van der Waals surface area contributed by atoms with Crippen LogP contribution >= 0.6 is 0 Å². The van der Waals surface area contributed by atoms with Gasteiger partial charge in [-0.3, -0.25) is 9.78 Å². The first-order valence-corrected chi connectivity index (χ1v) is 10.5. The lowest BCUT2D eigenvalue weighted by Crippen LogP contribution is -2.39. The van der Waals surface area contributed by atoms with Gasteiger partial charge in [-0.05, 0) is 31.5 Å². The highest BCUT2D eigenvalue weighted by Crippen LogP contribution is 2.45. The van der Waals surface area contributed by atoms with E-state index in [1.165, 1.54) is 6.20 Å². The third kappa shape index (κ3) is 2.88. The molecule has 1 saturated heterocycles. The fourth-order valence-electron chi connectivity index (χ4n) is 4.88. The van der Waals surface area contributed by atoms with Crippen LogP contribution in [0, 0.1) is 5.82 Å². The Kier molecular flexibility index (Phi) is 4.67. The summed E-state index contributed by atoms with van der Waals surface area (Å²) in [6, 6.07) is 6.60. The zero-order chi connectivity index (χ0) is 22.6. The van der Waals surface area contributed by atoms with Gasteiger partial charge >= 0.3 is 5.97 Å². The van der Waals surface area contributed by atoms with Crippen molar-refractivity contribution in [2.75, 3.05) is 31.1 Å². The highest BCUT2D eigenvalue weighted by atomic mass is 19.1. The van der Waals surface area contributed by atoms with Crippen LogP contribution < -0.4 is 20.8 Å². The van der Waals surface area contributed by atoms with E-state index in [1.54, 1.807) is 10.8 Å². The first kappa shape index (κ1) is 20.4. The Morgan fingerprint density at radius 2 is 2.25 bits per heavy atom. The van der Waals surface area contributed by atoms with Crippen LogP contribution in [0.25, 0.3) is 10.9 Å². The summed E-state index contributed by atoms with van der Waals surface area (Å²) in [5, 5.41) is 9.45. The largest absolute Gasteiger partial charge is 0.487 e. The molecule has 4 heterocycles. The molecule has 1 fully saturated rings. The molecular weight excluding hydrogens is 415 g/mol. The molecule has 0 spiro atoms. The third-order valence-corrected chi connectivity index (χ3v) is 6.64. The molecule has 0 bridgehead atoms. The van der Waals surface area contributed by atoms with Crippen LogP contribution in [-0.2, 0) is 5.41 Å². The van der Waals surface area contributed by atoms with Crippen molar-refractivity contribution >= 4 is 22.6 Å². The Balaban J connectivity index is 1.69. The number of anilines is 1. The average Bonchev–Trinajstić information content (AvgIpc) is 3.23. The van der Waals surface area contributed by atoms with Gasteiger partial charge in [0.15, 0.2) is 11.6 Å². The number of aromatic carboxylic acids is 1. The van der Waals surface area contributed by atoms with Crippen molar-refractivity contribution in [3.05, 3.63) is 64.0 Å². The molecule has 1 unspecified atom stereocenters. The number of carboxylic acids is 1. The summed E-state index contributed by atoms with van der Waals surface area (Å²) in [6.07, 6.45) is 3.74. The number of carbonyl (C=O) groups is 1. The molecule has 0 saturated carbocycles. The van der Waals surface area contributed by atoms with Crippen LogP contribution in [0.4, 0.5) is 10.1 Å². The highest BCUT2D eigenvalue weighted by molar-refractivity contribution is 5.97. The Labute approximate surface area is 183 Å². The number of rotatable bonds is 4. The molecular formula is C23H23FN4O4. The van der Waals surface area contributed by atoms with Gasteiger partial charge in [-0.1, -0.05) is 6.07 Å². The second-order valence-corrected chi connectivity index (χ2v) is 8.55. The third-order valence-electron chi connectivity index (χ3n) is 6.64. The maximum atomic E-state index is 15.5. The van der Waals surface area contributed by atoms with Gasteiger partial charge < -0.3 is 25.0 Å². The number of aromatic nitrogens is 2. The zero-order valence-corrected chi connectivity index (χ0v) is 17.5. The summed E-state index contributed by atoms with van der Waals surface area (Å²) in [7, 11) is 0. The lowest BCUT2D eigenvalue weighted by atomic mass is 9.83. The molecule has 32 heavy (non-hydrogen) atoms. The van der Waals surface area contributed by atoms with Crippen LogP contribution in [0.2, 0.25) is 0 Å². The number of pyridine rings is 2. The zero-order valence-electron chi connectivity index (χ0n) is 17.5. The number of nitrogens with two attached hydrogens (primary N) is 1. The number of nitrogens with zero attached hydrogens (tertiary/aromatic N) is 3. The number of ether oxygens (including phenoxy) is 1. The molecule has 2 aliphatic rings. The van der Waals surface area contributed by atoms with Crippen molar-refractivity contribution in [3.8, 4) is 5.75 Å². The van der Waals surface area contributed by atoms with Crippen LogP contribution in [0.1, 0.15) is 35.4 Å². The molecule has 0 amide bonds. The molecule has 166 valence electrons. The smallest absolute Gasteiger partial charge is 0.341 e. The fraction of sp³-hybridized carbons (Fsp3) is 0.348. The molecule has 1 aromatic carbocycles. The van der Waals surface area contributed by atoms with Crippen LogP contribution in [0.3, 0.4) is 0 Å². The predicted octanol–water partition coefficient (Wildman–Crippen LogP) is 2.29. The van der Waals surface area contributed by atoms with Gasteiger partial charge in [0.2, 0.25) is 5.43 Å². The second-order valence-electron chi connectivity index (χ2n) is 8.55. The van der Waals surface area contributed by atoms with E-state index in [0.717, 1.165) is 11.8 Å². The number of carboxylic acid groups (broad SMARTS) is 1. The summed E-state index contributed by atoms with van der Waals surface area (Å²) in [5.41, 5.74) is 6.17. The fourth-order valence-corrected chi connectivity index (χ4v) is 4.88. The Morgan fingerprint density at radius 3 is 2.94 bits per heavy atom. The first-order chi connectivity index (χ1) is 15.4. The van der Waals surface area contributed by atoms with Gasteiger partial charge in [0.05, 0.1) is 16.9 Å². The topological polar surface area (TPSA) is 111 Å². The van der Waals surface area contributed by atoms with Crippen molar-refractivity contribution in [2.45, 2.75) is 24.8 Å². The molecule has 2 aromatic heterocycles. The number of hydrogen-bond donors (Lipinski definition) is 2. The molecule has 2 aliphatic heterocycles.